The van der Waals surface area contributed by atoms with Gasteiger partial charge in [0, 0.05) is 73.1 Å². The normalized spacial score (nSPS) is 15.7. The first kappa shape index (κ1) is 42.6. The Balaban J connectivity index is 0.00000228. The number of fused-ring (bicyclic) bond motifs is 10. The van der Waals surface area contributed by atoms with Crippen LogP contribution in [0.4, 0.5) is 11.4 Å². The summed E-state index contributed by atoms with van der Waals surface area (Å²) in [5, 5.41) is 11.6. The Morgan fingerprint density at radius 1 is 0.516 bits per heavy atom. The Hall–Kier alpha value is -4.03. The molecule has 4 aromatic heterocycles. The predicted molar refractivity (Wildman–Crippen MR) is 250 cm³/mol. The first-order chi connectivity index (χ1) is 30.1. The average Bonchev–Trinajstić information content (AvgIpc) is 4.07. The maximum absolute atomic E-state index is 5.25. The fourth-order valence-corrected chi connectivity index (χ4v) is 14.5. The topological polar surface area (TPSA) is 74.4 Å². The van der Waals surface area contributed by atoms with Crippen molar-refractivity contribution in [2.45, 2.75) is 67.1 Å². The van der Waals surface area contributed by atoms with Gasteiger partial charge in [-0.25, -0.2) is 0 Å². The van der Waals surface area contributed by atoms with Crippen molar-refractivity contribution in [2.75, 3.05) is 23.9 Å². The molecular formula is C46H32B2N10Pt2S4-6. The molecule has 10 nitrogen and oxygen atoms in total. The quantitative estimate of drug-likeness (QED) is 0.179. The zero-order valence-corrected chi connectivity index (χ0v) is 42.8. The maximum Gasteiger partial charge on any atom is 0.198 e. The third-order valence-electron chi connectivity index (χ3n) is 12.0. The van der Waals surface area contributed by atoms with Gasteiger partial charge in [0.25, 0.3) is 0 Å². The molecule has 0 radical (unpaired) electrons. The molecule has 6 aliphatic rings. The molecule has 10 heterocycles. The molecular weight excluding hydrogens is 1230 g/mol. The van der Waals surface area contributed by atoms with Crippen molar-refractivity contribution in [1.29, 1.82) is 0 Å². The second-order valence-electron chi connectivity index (χ2n) is 16.3. The van der Waals surface area contributed by atoms with E-state index in [0.29, 0.717) is 0 Å². The van der Waals surface area contributed by atoms with Crippen LogP contribution in [0, 0.1) is 65.3 Å². The van der Waals surface area contributed by atoms with Crippen LogP contribution in [0.2, 0.25) is 0 Å². The van der Waals surface area contributed by atoms with Crippen molar-refractivity contribution < 1.29 is 42.1 Å². The van der Waals surface area contributed by atoms with Gasteiger partial charge in [-0.05, 0) is 111 Å². The van der Waals surface area contributed by atoms with Gasteiger partial charge in [0.05, 0.1) is 11.4 Å². The summed E-state index contributed by atoms with van der Waals surface area (Å²) in [6, 6.07) is 28.8. The van der Waals surface area contributed by atoms with Gasteiger partial charge in [-0.1, -0.05) is 12.4 Å². The number of rotatable bonds is 4. The van der Waals surface area contributed by atoms with E-state index in [1.165, 1.54) is 40.3 Å². The van der Waals surface area contributed by atoms with Crippen molar-refractivity contribution in [1.82, 2.24) is 39.3 Å². The number of anilines is 2. The summed E-state index contributed by atoms with van der Waals surface area (Å²) in [7, 11) is 4.09. The molecule has 7 aromatic rings. The van der Waals surface area contributed by atoms with Crippen LogP contribution in [0.25, 0.3) is 11.4 Å². The molecule has 0 fully saturated rings. The molecule has 0 saturated carbocycles. The first-order valence-corrected chi connectivity index (χ1v) is 23.5. The Morgan fingerprint density at radius 3 is 1.30 bits per heavy atom. The molecule has 0 bridgehead atoms. The van der Waals surface area contributed by atoms with Gasteiger partial charge in [-0.2, -0.15) is 105 Å². The van der Waals surface area contributed by atoms with Crippen LogP contribution in [0.3, 0.4) is 0 Å². The van der Waals surface area contributed by atoms with E-state index in [1.807, 2.05) is 73.2 Å². The second-order valence-corrected chi connectivity index (χ2v) is 20.4. The number of hydrogen-bond donors (Lipinski definition) is 0. The standard InChI is InChI=1S/C46H32B2N10S4.2Pt/c1-25-15-27(3)57(51-25)31-19-35-45(49-21-31)61-43-39-41(59-37-9-7-29(17-33(37)47(35)39)55-13-11-53(5)23-55)42-40-44(43)62-46-36(20-32(22-50-46)58-28(4)16-26(2)52-58)48(40)34-18-30(8-10-38(34)60-42)56-14-12-54(6)24-56;;/h7-16,21-24H,1-6H3;;/q-6;;. The molecule has 322 valence electrons. The molecule has 0 atom stereocenters. The summed E-state index contributed by atoms with van der Waals surface area (Å²) in [5.74, 6) is 0. The molecule has 13 rings (SSSR count). The van der Waals surface area contributed by atoms with E-state index in [0.717, 1.165) is 77.4 Å². The van der Waals surface area contributed by atoms with E-state index in [2.05, 4.69) is 132 Å². The number of hydrogen-bond acceptors (Lipinski definition) is 12. The van der Waals surface area contributed by atoms with Gasteiger partial charge in [-0.15, -0.1) is 56.8 Å². The van der Waals surface area contributed by atoms with Crippen molar-refractivity contribution in [3.05, 3.63) is 134 Å². The van der Waals surface area contributed by atoms with Crippen LogP contribution < -0.4 is 42.6 Å². The fraction of sp³-hybridized carbons (Fsp3) is 0.130. The van der Waals surface area contributed by atoms with Crippen LogP contribution >= 0.6 is 47.0 Å². The van der Waals surface area contributed by atoms with Crippen LogP contribution in [-0.2, 0) is 42.1 Å². The third kappa shape index (κ3) is 6.51. The Morgan fingerprint density at radius 2 is 0.922 bits per heavy atom. The average molecular weight is 1260 g/mol. The zero-order valence-electron chi connectivity index (χ0n) is 35.0. The summed E-state index contributed by atoms with van der Waals surface area (Å²) in [4.78, 5) is 26.3. The molecule has 0 spiro atoms. The number of aromatic nitrogens is 6. The molecule has 18 heteroatoms. The Kier molecular flexibility index (Phi) is 10.5. The minimum absolute atomic E-state index is 0. The van der Waals surface area contributed by atoms with Crippen molar-refractivity contribution in [3.8, 4) is 11.4 Å². The van der Waals surface area contributed by atoms with Crippen LogP contribution in [0.5, 0.6) is 0 Å². The monoisotopic (exact) mass is 1260 g/mol. The summed E-state index contributed by atoms with van der Waals surface area (Å²) >= 11 is 7.25. The largest absolute Gasteiger partial charge is 0.510 e. The molecule has 64 heavy (non-hydrogen) atoms. The van der Waals surface area contributed by atoms with E-state index in [-0.39, 0.29) is 55.6 Å². The molecule has 0 aliphatic carbocycles. The maximum atomic E-state index is 5.25. The third-order valence-corrected chi connectivity index (χ3v) is 16.9. The molecule has 0 unspecified atom stereocenters. The first-order valence-electron chi connectivity index (χ1n) is 20.2. The van der Waals surface area contributed by atoms with Gasteiger partial charge in [0.2, 0.25) is 0 Å². The van der Waals surface area contributed by atoms with Gasteiger partial charge in [0.15, 0.2) is 13.4 Å². The van der Waals surface area contributed by atoms with Crippen LogP contribution in [0.1, 0.15) is 22.8 Å². The second kappa shape index (κ2) is 15.8. The van der Waals surface area contributed by atoms with Gasteiger partial charge >= 0.3 is 0 Å². The van der Waals surface area contributed by atoms with Crippen molar-refractivity contribution >= 4 is 105 Å². The van der Waals surface area contributed by atoms with Crippen molar-refractivity contribution in [2.24, 2.45) is 0 Å². The minimum atomic E-state index is -0.165. The number of nitrogens with zero attached hydrogens (tertiary/aromatic N) is 10. The van der Waals surface area contributed by atoms with E-state index >= 15 is 0 Å². The summed E-state index contributed by atoms with van der Waals surface area (Å²) in [6.07, 6.45) is 12.1. The van der Waals surface area contributed by atoms with E-state index < -0.39 is 0 Å². The van der Waals surface area contributed by atoms with Crippen molar-refractivity contribution in [3.63, 3.8) is 0 Å². The molecule has 6 aliphatic heterocycles. The Bertz CT molecular complexity index is 2980. The van der Waals surface area contributed by atoms with Gasteiger partial charge in [-0.3, -0.25) is 9.36 Å². The number of benzene rings is 3. The predicted octanol–water partition coefficient (Wildman–Crippen LogP) is 4.85. The summed E-state index contributed by atoms with van der Waals surface area (Å²) < 4.78 is 3.92. The smallest absolute Gasteiger partial charge is 0.198 e. The van der Waals surface area contributed by atoms with E-state index in [4.69, 9.17) is 20.2 Å². The Labute approximate surface area is 418 Å². The van der Waals surface area contributed by atoms with E-state index in [9.17, 15) is 0 Å². The molecule has 3 aromatic carbocycles. The zero-order chi connectivity index (χ0) is 41.7. The fourth-order valence-electron chi connectivity index (χ4n) is 9.31. The van der Waals surface area contributed by atoms with Crippen LogP contribution in [0.15, 0.2) is 113 Å². The molecule has 0 N–H and O–H groups in total. The van der Waals surface area contributed by atoms with Crippen LogP contribution in [-0.4, -0.2) is 66.8 Å². The summed E-state index contributed by atoms with van der Waals surface area (Å²) in [5.41, 5.74) is 14.6. The number of aryl methyl sites for hydroxylation is 4. The SMILES string of the molecule is Cc1cc(C)n(-c2[c-]c3c(nc2)Sc2c4c5c(c6c2B3c2[c-]c(N3C=CN(C)[CH-]3)ccc2S6)Sc2ccc(N3C=CN(C)[CH-]3)[c-]c2B5c2[c-]c(-n3nc(C)cc3C)cnc2S4)n1.[Pt].[Pt]. The minimum Gasteiger partial charge on any atom is -0.510 e. The molecule has 0 saturated heterocycles. The van der Waals surface area contributed by atoms with Gasteiger partial charge < -0.3 is 29.6 Å². The van der Waals surface area contributed by atoms with E-state index in [1.54, 1.807) is 23.5 Å². The number of pyridine rings is 2. The summed E-state index contributed by atoms with van der Waals surface area (Å²) in [6.45, 7) is 12.1. The molecule has 0 amide bonds. The van der Waals surface area contributed by atoms with Gasteiger partial charge in [0.1, 0.15) is 0 Å².